The second-order valence-corrected chi connectivity index (χ2v) is 6.25. The maximum absolute atomic E-state index is 12.5. The summed E-state index contributed by atoms with van der Waals surface area (Å²) >= 11 is 1.31. The number of methoxy groups -OCH3 is 1. The van der Waals surface area contributed by atoms with E-state index in [1.165, 1.54) is 23.5 Å². The van der Waals surface area contributed by atoms with Crippen LogP contribution >= 0.6 is 11.3 Å². The lowest BCUT2D eigenvalue weighted by molar-refractivity contribution is -0.137. The van der Waals surface area contributed by atoms with E-state index in [0.29, 0.717) is 16.3 Å². The summed E-state index contributed by atoms with van der Waals surface area (Å²) in [4.78, 5) is 12.7. The number of halogens is 3. The van der Waals surface area contributed by atoms with Crippen molar-refractivity contribution in [3.05, 3.63) is 59.0 Å². The normalized spacial score (nSPS) is 11.4. The summed E-state index contributed by atoms with van der Waals surface area (Å²) in [5, 5.41) is 0.879. The van der Waals surface area contributed by atoms with Crippen molar-refractivity contribution in [2.75, 3.05) is 12.5 Å². The topological polar surface area (TPSA) is 50.4 Å². The Morgan fingerprint density at radius 2 is 1.80 bits per heavy atom. The molecule has 0 fully saturated rings. The van der Waals surface area contributed by atoms with Crippen molar-refractivity contribution in [3.63, 3.8) is 0 Å². The molecule has 0 aliphatic heterocycles. The third-order valence-corrected chi connectivity index (χ3v) is 4.59. The van der Waals surface area contributed by atoms with Gasteiger partial charge >= 0.3 is 6.18 Å². The summed E-state index contributed by atoms with van der Waals surface area (Å²) in [6.07, 6.45) is -4.39. The van der Waals surface area contributed by atoms with E-state index in [1.54, 1.807) is 19.2 Å². The number of rotatable bonds is 4. The van der Waals surface area contributed by atoms with Crippen molar-refractivity contribution in [1.82, 2.24) is 5.43 Å². The summed E-state index contributed by atoms with van der Waals surface area (Å²) in [6, 6.07) is 11.6. The molecule has 2 aromatic carbocycles. The maximum Gasteiger partial charge on any atom is 0.416 e. The summed E-state index contributed by atoms with van der Waals surface area (Å²) in [5.74, 6) is 0.320. The molecule has 0 spiro atoms. The van der Waals surface area contributed by atoms with E-state index in [-0.39, 0.29) is 5.91 Å². The van der Waals surface area contributed by atoms with E-state index in [1.807, 2.05) is 12.1 Å². The van der Waals surface area contributed by atoms with Gasteiger partial charge in [0.2, 0.25) is 0 Å². The number of fused-ring (bicyclic) bond motifs is 1. The highest BCUT2D eigenvalue weighted by Gasteiger charge is 2.29. The summed E-state index contributed by atoms with van der Waals surface area (Å²) in [6.45, 7) is 0. The average Bonchev–Trinajstić information content (AvgIpc) is 3.02. The van der Waals surface area contributed by atoms with Crippen LogP contribution in [0.1, 0.15) is 15.2 Å². The van der Waals surface area contributed by atoms with E-state index in [0.717, 1.165) is 22.2 Å². The first kappa shape index (κ1) is 17.1. The molecule has 0 aliphatic rings. The van der Waals surface area contributed by atoms with Crippen molar-refractivity contribution in [2.45, 2.75) is 6.18 Å². The molecule has 25 heavy (non-hydrogen) atoms. The highest BCUT2D eigenvalue weighted by molar-refractivity contribution is 7.20. The van der Waals surface area contributed by atoms with Crippen molar-refractivity contribution in [3.8, 4) is 5.75 Å². The summed E-state index contributed by atoms with van der Waals surface area (Å²) in [5.41, 5.74) is 4.68. The predicted octanol–water partition coefficient (Wildman–Crippen LogP) is 4.69. The van der Waals surface area contributed by atoms with E-state index in [4.69, 9.17) is 4.74 Å². The fraction of sp³-hybridized carbons (Fsp3) is 0.118. The molecule has 130 valence electrons. The molecule has 3 aromatic rings. The van der Waals surface area contributed by atoms with Gasteiger partial charge in [0.25, 0.3) is 5.91 Å². The van der Waals surface area contributed by atoms with Crippen LogP contribution < -0.4 is 15.6 Å². The van der Waals surface area contributed by atoms with Gasteiger partial charge in [-0.2, -0.15) is 13.2 Å². The molecule has 0 saturated carbocycles. The molecule has 3 rings (SSSR count). The number of carbonyl (C=O) groups excluding carboxylic acids is 1. The number of nitrogens with one attached hydrogen (secondary N) is 2. The van der Waals surface area contributed by atoms with Gasteiger partial charge in [0.05, 0.1) is 23.2 Å². The Balaban J connectivity index is 1.68. The van der Waals surface area contributed by atoms with E-state index >= 15 is 0 Å². The number of hydrogen-bond acceptors (Lipinski definition) is 4. The second-order valence-electron chi connectivity index (χ2n) is 5.17. The van der Waals surface area contributed by atoms with Crippen LogP contribution in [-0.2, 0) is 6.18 Å². The van der Waals surface area contributed by atoms with Crippen molar-refractivity contribution < 1.29 is 22.7 Å². The molecule has 1 aromatic heterocycles. The summed E-state index contributed by atoms with van der Waals surface area (Å²) < 4.78 is 43.6. The number of ether oxygens (including phenoxy) is 1. The first-order valence-corrected chi connectivity index (χ1v) is 7.99. The fourth-order valence-corrected chi connectivity index (χ4v) is 3.13. The van der Waals surface area contributed by atoms with Crippen LogP contribution in [0.4, 0.5) is 18.9 Å². The molecule has 0 saturated heterocycles. The lowest BCUT2D eigenvalue weighted by Crippen LogP contribution is -2.28. The Labute approximate surface area is 145 Å². The smallest absolute Gasteiger partial charge is 0.416 e. The van der Waals surface area contributed by atoms with Gasteiger partial charge in [0.15, 0.2) is 0 Å². The molecule has 8 heteroatoms. The maximum atomic E-state index is 12.5. The number of hydrazine groups is 1. The Hall–Kier alpha value is -2.74. The van der Waals surface area contributed by atoms with Gasteiger partial charge in [0.1, 0.15) is 5.75 Å². The number of amides is 1. The van der Waals surface area contributed by atoms with Gasteiger partial charge in [-0.3, -0.25) is 15.6 Å². The van der Waals surface area contributed by atoms with Crippen LogP contribution in [0.25, 0.3) is 10.1 Å². The van der Waals surface area contributed by atoms with E-state index in [2.05, 4.69) is 10.9 Å². The zero-order chi connectivity index (χ0) is 18.0. The van der Waals surface area contributed by atoms with Crippen molar-refractivity contribution in [1.29, 1.82) is 0 Å². The molecule has 0 atom stereocenters. The van der Waals surface area contributed by atoms with Gasteiger partial charge in [-0.05, 0) is 53.9 Å². The van der Waals surface area contributed by atoms with E-state index in [9.17, 15) is 18.0 Å². The minimum atomic E-state index is -4.39. The number of benzene rings is 2. The second kappa shape index (κ2) is 6.64. The quantitative estimate of drug-likeness (QED) is 0.659. The number of hydrogen-bond donors (Lipinski definition) is 2. The largest absolute Gasteiger partial charge is 0.497 e. The van der Waals surface area contributed by atoms with Crippen LogP contribution in [0.2, 0.25) is 0 Å². The molecule has 1 amide bonds. The highest BCUT2D eigenvalue weighted by Crippen LogP contribution is 2.30. The van der Waals surface area contributed by atoms with Crippen molar-refractivity contribution in [2.24, 2.45) is 0 Å². The minimum Gasteiger partial charge on any atom is -0.497 e. The first-order chi connectivity index (χ1) is 11.9. The van der Waals surface area contributed by atoms with Crippen molar-refractivity contribution >= 4 is 33.0 Å². The molecule has 0 aliphatic carbocycles. The number of thiophene rings is 1. The highest BCUT2D eigenvalue weighted by atomic mass is 32.1. The molecule has 0 radical (unpaired) electrons. The Morgan fingerprint density at radius 3 is 2.44 bits per heavy atom. The zero-order valence-electron chi connectivity index (χ0n) is 13.0. The molecular formula is C17H13F3N2O2S. The minimum absolute atomic E-state index is 0.351. The third kappa shape index (κ3) is 3.85. The van der Waals surface area contributed by atoms with Gasteiger partial charge in [-0.25, -0.2) is 0 Å². The van der Waals surface area contributed by atoms with E-state index < -0.39 is 11.7 Å². The Kier molecular flexibility index (Phi) is 4.54. The van der Waals surface area contributed by atoms with Crippen LogP contribution in [-0.4, -0.2) is 13.0 Å². The zero-order valence-corrected chi connectivity index (χ0v) is 13.8. The van der Waals surface area contributed by atoms with Crippen LogP contribution in [0.3, 0.4) is 0 Å². The van der Waals surface area contributed by atoms with Crippen LogP contribution in [0.15, 0.2) is 48.5 Å². The molecule has 4 nitrogen and oxygen atoms in total. The molecular weight excluding hydrogens is 353 g/mol. The van der Waals surface area contributed by atoms with Gasteiger partial charge in [-0.1, -0.05) is 0 Å². The Morgan fingerprint density at radius 1 is 1.08 bits per heavy atom. The fourth-order valence-electron chi connectivity index (χ4n) is 2.19. The third-order valence-electron chi connectivity index (χ3n) is 3.48. The summed E-state index contributed by atoms with van der Waals surface area (Å²) in [7, 11) is 1.56. The average molecular weight is 366 g/mol. The molecule has 0 bridgehead atoms. The van der Waals surface area contributed by atoms with Crippen LogP contribution in [0, 0.1) is 0 Å². The SMILES string of the molecule is COc1ccc2sc(C(=O)NNc3ccc(C(F)(F)F)cc3)cc2c1. The van der Waals surface area contributed by atoms with Gasteiger partial charge < -0.3 is 4.74 Å². The standard InChI is InChI=1S/C17H13F3N2O2S/c1-24-13-6-7-14-10(8-13)9-15(25-14)16(23)22-21-12-4-2-11(3-5-12)17(18,19)20/h2-9,21H,1H3,(H,22,23). The van der Waals surface area contributed by atoms with Crippen LogP contribution in [0.5, 0.6) is 5.75 Å². The van der Waals surface area contributed by atoms with Gasteiger partial charge in [0, 0.05) is 4.70 Å². The number of carbonyl (C=O) groups is 1. The predicted molar refractivity (Wildman–Crippen MR) is 90.9 cm³/mol. The lowest BCUT2D eigenvalue weighted by atomic mass is 10.2. The Bertz CT molecular complexity index is 904. The van der Waals surface area contributed by atoms with Gasteiger partial charge in [-0.15, -0.1) is 11.3 Å². The molecule has 1 heterocycles. The number of anilines is 1. The first-order valence-electron chi connectivity index (χ1n) is 7.18. The monoisotopic (exact) mass is 366 g/mol. The number of alkyl halides is 3. The lowest BCUT2D eigenvalue weighted by Gasteiger charge is -2.10. The molecule has 0 unspecified atom stereocenters. The molecule has 2 N–H and O–H groups in total.